The molecule has 39 heavy (non-hydrogen) atoms. The van der Waals surface area contributed by atoms with Gasteiger partial charge < -0.3 is 45.4 Å². The molecule has 208 valence electrons. The SMILES string of the molecule is CC1OC(OC2CC(O)(C(C)O)Cc3c(O)c4c(c(O)c32)C(=O)c2c(O)cccc2C4=O)CC(NC=O)C1O. The zero-order chi connectivity index (χ0) is 28.4. The second-order valence-electron chi connectivity index (χ2n) is 10.4. The standard InChI is InChI=1S/C27H29NO11/c1-10-22(32)14(28-9-29)6-17(38-10)39-16-8-27(37,11(2)30)7-13-19(16)26(36)21-20(24(13)34)23(33)12-4-3-5-15(31)18(12)25(21)35/h3-5,9-11,14,16-17,22,30-32,34,36-37H,6-8H2,1-2H3,(H,28,29). The van der Waals surface area contributed by atoms with Crippen molar-refractivity contribution in [1.82, 2.24) is 5.32 Å². The molecule has 1 amide bonds. The van der Waals surface area contributed by atoms with Crippen molar-refractivity contribution in [3.8, 4) is 17.2 Å². The molecule has 12 heteroatoms. The van der Waals surface area contributed by atoms with Gasteiger partial charge in [-0.2, -0.15) is 0 Å². The van der Waals surface area contributed by atoms with Crippen LogP contribution in [0.3, 0.4) is 0 Å². The first kappa shape index (κ1) is 27.0. The Labute approximate surface area is 222 Å². The number of hydrogen-bond acceptors (Lipinski definition) is 11. The van der Waals surface area contributed by atoms with Crippen molar-refractivity contribution in [1.29, 1.82) is 0 Å². The van der Waals surface area contributed by atoms with E-state index in [-0.39, 0.29) is 41.5 Å². The smallest absolute Gasteiger partial charge is 0.207 e. The van der Waals surface area contributed by atoms with Gasteiger partial charge in [-0.15, -0.1) is 0 Å². The first-order valence-corrected chi connectivity index (χ1v) is 12.5. The van der Waals surface area contributed by atoms with Crippen molar-refractivity contribution in [2.45, 2.75) is 75.5 Å². The topological polar surface area (TPSA) is 203 Å². The fourth-order valence-corrected chi connectivity index (χ4v) is 5.80. The molecule has 1 fully saturated rings. The Morgan fingerprint density at radius 1 is 1.13 bits per heavy atom. The lowest BCUT2D eigenvalue weighted by Crippen LogP contribution is -2.54. The second-order valence-corrected chi connectivity index (χ2v) is 10.4. The minimum Gasteiger partial charge on any atom is -0.507 e. The number of aliphatic hydroxyl groups is 3. The van der Waals surface area contributed by atoms with Gasteiger partial charge in [-0.05, 0) is 19.9 Å². The maximum atomic E-state index is 13.5. The Kier molecular flexibility index (Phi) is 6.64. The Bertz CT molecular complexity index is 1370. The van der Waals surface area contributed by atoms with E-state index in [1.54, 1.807) is 6.92 Å². The number of aromatic hydroxyl groups is 3. The van der Waals surface area contributed by atoms with Gasteiger partial charge in [0, 0.05) is 36.0 Å². The van der Waals surface area contributed by atoms with E-state index in [1.807, 2.05) is 0 Å². The van der Waals surface area contributed by atoms with E-state index < -0.39 is 82.3 Å². The highest BCUT2D eigenvalue weighted by Crippen LogP contribution is 2.52. The number of amides is 1. The number of phenolic OH excluding ortho intramolecular Hbond substituents is 3. The molecule has 0 bridgehead atoms. The third kappa shape index (κ3) is 4.15. The number of hydrogen-bond donors (Lipinski definition) is 7. The molecule has 0 radical (unpaired) electrons. The van der Waals surface area contributed by atoms with Gasteiger partial charge in [0.2, 0.25) is 12.2 Å². The van der Waals surface area contributed by atoms with Gasteiger partial charge >= 0.3 is 0 Å². The van der Waals surface area contributed by atoms with Crippen LogP contribution < -0.4 is 5.32 Å². The Morgan fingerprint density at radius 2 is 1.82 bits per heavy atom. The lowest BCUT2D eigenvalue weighted by molar-refractivity contribution is -0.252. The maximum Gasteiger partial charge on any atom is 0.207 e. The average Bonchev–Trinajstić information content (AvgIpc) is 2.87. The van der Waals surface area contributed by atoms with Crippen molar-refractivity contribution in [3.05, 3.63) is 51.6 Å². The summed E-state index contributed by atoms with van der Waals surface area (Å²) >= 11 is 0. The van der Waals surface area contributed by atoms with Gasteiger partial charge in [0.25, 0.3) is 0 Å². The quantitative estimate of drug-likeness (QED) is 0.172. The average molecular weight is 544 g/mol. The summed E-state index contributed by atoms with van der Waals surface area (Å²) in [6, 6.07) is 3.16. The van der Waals surface area contributed by atoms with Crippen LogP contribution in [-0.2, 0) is 20.7 Å². The molecule has 2 aliphatic carbocycles. The molecule has 1 heterocycles. The van der Waals surface area contributed by atoms with Gasteiger partial charge in [-0.25, -0.2) is 0 Å². The summed E-state index contributed by atoms with van der Waals surface area (Å²) in [6.07, 6.45) is -5.74. The number of ketones is 2. The van der Waals surface area contributed by atoms with Gasteiger partial charge in [-0.3, -0.25) is 14.4 Å². The van der Waals surface area contributed by atoms with E-state index in [9.17, 15) is 45.0 Å². The number of benzene rings is 2. The van der Waals surface area contributed by atoms with E-state index in [1.165, 1.54) is 25.1 Å². The van der Waals surface area contributed by atoms with Crippen LogP contribution in [0.25, 0.3) is 0 Å². The molecular weight excluding hydrogens is 514 g/mol. The monoisotopic (exact) mass is 543 g/mol. The Balaban J connectivity index is 1.65. The molecule has 5 rings (SSSR count). The highest BCUT2D eigenvalue weighted by Gasteiger charge is 2.49. The maximum absolute atomic E-state index is 13.5. The molecular formula is C27H29NO11. The summed E-state index contributed by atoms with van der Waals surface area (Å²) in [5, 5.41) is 67.6. The van der Waals surface area contributed by atoms with E-state index in [0.29, 0.717) is 6.41 Å². The highest BCUT2D eigenvalue weighted by atomic mass is 16.7. The highest BCUT2D eigenvalue weighted by molar-refractivity contribution is 6.31. The lowest BCUT2D eigenvalue weighted by Gasteiger charge is -2.44. The van der Waals surface area contributed by atoms with Crippen LogP contribution in [0.2, 0.25) is 0 Å². The van der Waals surface area contributed by atoms with Crippen LogP contribution in [0, 0.1) is 0 Å². The predicted octanol–water partition coefficient (Wildman–Crippen LogP) is 0.305. The molecule has 2 aromatic rings. The zero-order valence-electron chi connectivity index (χ0n) is 21.1. The van der Waals surface area contributed by atoms with Crippen LogP contribution in [0.15, 0.2) is 18.2 Å². The molecule has 3 aliphatic rings. The number of phenols is 3. The largest absolute Gasteiger partial charge is 0.507 e. The summed E-state index contributed by atoms with van der Waals surface area (Å²) in [7, 11) is 0. The van der Waals surface area contributed by atoms with E-state index in [0.717, 1.165) is 0 Å². The molecule has 2 aromatic carbocycles. The van der Waals surface area contributed by atoms with Gasteiger partial charge in [0.15, 0.2) is 12.1 Å². The molecule has 1 aliphatic heterocycles. The molecule has 0 spiro atoms. The minimum absolute atomic E-state index is 0.0143. The van der Waals surface area contributed by atoms with E-state index in [2.05, 4.69) is 5.32 Å². The molecule has 7 N–H and O–H groups in total. The Hall–Kier alpha value is -3.55. The minimum atomic E-state index is -1.87. The molecule has 7 atom stereocenters. The van der Waals surface area contributed by atoms with Crippen molar-refractivity contribution in [2.24, 2.45) is 0 Å². The number of carbonyl (C=O) groups is 3. The molecule has 1 saturated heterocycles. The zero-order valence-corrected chi connectivity index (χ0v) is 21.1. The van der Waals surface area contributed by atoms with Gasteiger partial charge in [0.05, 0.1) is 46.6 Å². The third-order valence-corrected chi connectivity index (χ3v) is 7.98. The first-order chi connectivity index (χ1) is 18.4. The van der Waals surface area contributed by atoms with Crippen molar-refractivity contribution < 1.29 is 54.5 Å². The Morgan fingerprint density at radius 3 is 2.49 bits per heavy atom. The number of fused-ring (bicyclic) bond motifs is 3. The molecule has 0 saturated carbocycles. The number of ether oxygens (including phenoxy) is 2. The second kappa shape index (κ2) is 9.57. The normalized spacial score (nSPS) is 30.6. The molecule has 12 nitrogen and oxygen atoms in total. The van der Waals surface area contributed by atoms with Crippen LogP contribution in [0.1, 0.15) is 75.8 Å². The predicted molar refractivity (Wildman–Crippen MR) is 131 cm³/mol. The lowest BCUT2D eigenvalue weighted by atomic mass is 9.71. The number of aliphatic hydroxyl groups excluding tert-OH is 2. The van der Waals surface area contributed by atoms with Gasteiger partial charge in [-0.1, -0.05) is 12.1 Å². The fraction of sp³-hybridized carbons (Fsp3) is 0.444. The summed E-state index contributed by atoms with van der Waals surface area (Å²) in [5.41, 5.74) is -3.53. The molecule has 7 unspecified atom stereocenters. The summed E-state index contributed by atoms with van der Waals surface area (Å²) in [5.74, 6) is -3.50. The van der Waals surface area contributed by atoms with Crippen LogP contribution >= 0.6 is 0 Å². The van der Waals surface area contributed by atoms with E-state index >= 15 is 0 Å². The van der Waals surface area contributed by atoms with Crippen LogP contribution in [0.4, 0.5) is 0 Å². The van der Waals surface area contributed by atoms with Crippen molar-refractivity contribution >= 4 is 18.0 Å². The third-order valence-electron chi connectivity index (χ3n) is 7.98. The first-order valence-electron chi connectivity index (χ1n) is 12.5. The fourth-order valence-electron chi connectivity index (χ4n) is 5.80. The summed E-state index contributed by atoms with van der Waals surface area (Å²) in [6.45, 7) is 2.90. The van der Waals surface area contributed by atoms with Crippen molar-refractivity contribution in [2.75, 3.05) is 0 Å². The summed E-state index contributed by atoms with van der Waals surface area (Å²) in [4.78, 5) is 37.8. The van der Waals surface area contributed by atoms with E-state index in [4.69, 9.17) is 9.47 Å². The molecule has 0 aromatic heterocycles. The number of carbonyl (C=O) groups excluding carboxylic acids is 3. The van der Waals surface area contributed by atoms with Crippen molar-refractivity contribution in [3.63, 3.8) is 0 Å². The van der Waals surface area contributed by atoms with Crippen LogP contribution in [0.5, 0.6) is 17.2 Å². The van der Waals surface area contributed by atoms with Crippen LogP contribution in [-0.4, -0.2) is 84.9 Å². The number of nitrogens with one attached hydrogen (secondary N) is 1. The van der Waals surface area contributed by atoms with Gasteiger partial charge in [0.1, 0.15) is 23.4 Å². The number of rotatable bonds is 5. The summed E-state index contributed by atoms with van der Waals surface area (Å²) < 4.78 is 11.8.